The smallest absolute Gasteiger partial charge is 0.227 e. The summed E-state index contributed by atoms with van der Waals surface area (Å²) in [4.78, 5) is 26.1. The van der Waals surface area contributed by atoms with E-state index in [2.05, 4.69) is 29.8 Å². The highest BCUT2D eigenvalue weighted by Crippen LogP contribution is 2.42. The summed E-state index contributed by atoms with van der Waals surface area (Å²) in [5.41, 5.74) is 2.33. The van der Waals surface area contributed by atoms with Crippen molar-refractivity contribution < 1.29 is 14.3 Å². The highest BCUT2D eigenvalue weighted by atomic mass is 79.9. The molecule has 120 valence electrons. The molecule has 1 aromatic rings. The summed E-state index contributed by atoms with van der Waals surface area (Å²) in [5.74, 6) is 0.0905. The average Bonchev–Trinajstić information content (AvgIpc) is 2.41. The van der Waals surface area contributed by atoms with E-state index in [1.54, 1.807) is 12.0 Å². The highest BCUT2D eigenvalue weighted by molar-refractivity contribution is 9.10. The molecule has 5 heteroatoms. The first-order chi connectivity index (χ1) is 10.3. The van der Waals surface area contributed by atoms with Crippen molar-refractivity contribution in [2.45, 2.75) is 39.0 Å². The van der Waals surface area contributed by atoms with Crippen LogP contribution in [0.2, 0.25) is 0 Å². The SMILES string of the molecule is COCCCN1C(=O)CC(C)(C)c2cc(Br)c(C(C)=O)cc21. The molecule has 0 aliphatic carbocycles. The van der Waals surface area contributed by atoms with Gasteiger partial charge in [0, 0.05) is 47.8 Å². The standard InChI is InChI=1S/C17H22BrNO3/c1-11(20)12-8-15-13(9-14(12)18)17(2,3)10-16(21)19(15)6-5-7-22-4/h8-9H,5-7,10H2,1-4H3. The molecule has 1 heterocycles. The van der Waals surface area contributed by atoms with E-state index in [4.69, 9.17) is 4.74 Å². The van der Waals surface area contributed by atoms with Crippen molar-refractivity contribution in [3.8, 4) is 0 Å². The van der Waals surface area contributed by atoms with Crippen LogP contribution in [0, 0.1) is 0 Å². The monoisotopic (exact) mass is 367 g/mol. The van der Waals surface area contributed by atoms with Gasteiger partial charge in [0.2, 0.25) is 5.91 Å². The Bertz CT molecular complexity index is 610. The Labute approximate surface area is 140 Å². The summed E-state index contributed by atoms with van der Waals surface area (Å²) >= 11 is 3.48. The number of fused-ring (bicyclic) bond motifs is 1. The van der Waals surface area contributed by atoms with Gasteiger partial charge in [0.25, 0.3) is 0 Å². The number of benzene rings is 1. The number of hydrogen-bond donors (Lipinski definition) is 0. The number of amides is 1. The fourth-order valence-electron chi connectivity index (χ4n) is 2.91. The Morgan fingerprint density at radius 1 is 1.41 bits per heavy atom. The Balaban J connectivity index is 2.51. The Morgan fingerprint density at radius 3 is 2.68 bits per heavy atom. The van der Waals surface area contributed by atoms with Gasteiger partial charge in [0.1, 0.15) is 0 Å². The minimum Gasteiger partial charge on any atom is -0.385 e. The van der Waals surface area contributed by atoms with Crippen LogP contribution >= 0.6 is 15.9 Å². The number of halogens is 1. The van der Waals surface area contributed by atoms with Gasteiger partial charge >= 0.3 is 0 Å². The maximum Gasteiger partial charge on any atom is 0.227 e. The lowest BCUT2D eigenvalue weighted by molar-refractivity contribution is -0.120. The van der Waals surface area contributed by atoms with Crippen LogP contribution in [0.4, 0.5) is 5.69 Å². The average molecular weight is 368 g/mol. The molecule has 0 fully saturated rings. The van der Waals surface area contributed by atoms with E-state index >= 15 is 0 Å². The van der Waals surface area contributed by atoms with E-state index in [1.165, 1.54) is 6.92 Å². The van der Waals surface area contributed by atoms with E-state index in [-0.39, 0.29) is 17.1 Å². The molecule has 1 amide bonds. The van der Waals surface area contributed by atoms with E-state index < -0.39 is 0 Å². The molecule has 4 nitrogen and oxygen atoms in total. The second-order valence-electron chi connectivity index (χ2n) is 6.36. The number of hydrogen-bond acceptors (Lipinski definition) is 3. The van der Waals surface area contributed by atoms with Crippen LogP contribution in [0.5, 0.6) is 0 Å². The van der Waals surface area contributed by atoms with Gasteiger partial charge < -0.3 is 9.64 Å². The zero-order valence-corrected chi connectivity index (χ0v) is 15.1. The molecule has 0 saturated carbocycles. The van der Waals surface area contributed by atoms with Crippen LogP contribution in [-0.4, -0.2) is 32.0 Å². The summed E-state index contributed by atoms with van der Waals surface area (Å²) in [6.45, 7) is 6.89. The van der Waals surface area contributed by atoms with Gasteiger partial charge in [-0.3, -0.25) is 9.59 Å². The number of carbonyl (C=O) groups is 2. The number of Topliss-reactive ketones (excluding diaryl/α,β-unsaturated/α-hetero) is 1. The van der Waals surface area contributed by atoms with Gasteiger partial charge in [-0.25, -0.2) is 0 Å². The van der Waals surface area contributed by atoms with E-state index in [0.717, 1.165) is 22.1 Å². The molecule has 0 bridgehead atoms. The molecule has 1 aliphatic heterocycles. The molecule has 1 aromatic carbocycles. The minimum atomic E-state index is -0.234. The normalized spacial score (nSPS) is 16.6. The number of carbonyl (C=O) groups excluding carboxylic acids is 2. The van der Waals surface area contributed by atoms with Gasteiger partial charge in [0.15, 0.2) is 5.78 Å². The zero-order valence-electron chi connectivity index (χ0n) is 13.5. The molecule has 0 saturated heterocycles. The van der Waals surface area contributed by atoms with Crippen LogP contribution in [-0.2, 0) is 14.9 Å². The van der Waals surface area contributed by atoms with Crippen molar-refractivity contribution in [1.82, 2.24) is 0 Å². The van der Waals surface area contributed by atoms with Crippen molar-refractivity contribution >= 4 is 33.3 Å². The third-order valence-electron chi connectivity index (χ3n) is 4.11. The molecule has 2 rings (SSSR count). The number of nitrogens with zero attached hydrogens (tertiary/aromatic N) is 1. The van der Waals surface area contributed by atoms with Crippen LogP contribution < -0.4 is 4.90 Å². The quantitative estimate of drug-likeness (QED) is 0.588. The fraction of sp³-hybridized carbons (Fsp3) is 0.529. The van der Waals surface area contributed by atoms with Gasteiger partial charge in [-0.2, -0.15) is 0 Å². The van der Waals surface area contributed by atoms with Crippen molar-refractivity contribution in [3.63, 3.8) is 0 Å². The molecular formula is C17H22BrNO3. The van der Waals surface area contributed by atoms with E-state index in [1.807, 2.05) is 12.1 Å². The van der Waals surface area contributed by atoms with E-state index in [9.17, 15) is 9.59 Å². The summed E-state index contributed by atoms with van der Waals surface area (Å²) in [7, 11) is 1.65. The molecule has 0 unspecified atom stereocenters. The molecule has 0 N–H and O–H groups in total. The number of ether oxygens (including phenoxy) is 1. The topological polar surface area (TPSA) is 46.6 Å². The zero-order chi connectivity index (χ0) is 16.5. The fourth-order valence-corrected chi connectivity index (χ4v) is 3.53. The predicted molar refractivity (Wildman–Crippen MR) is 90.6 cm³/mol. The van der Waals surface area contributed by atoms with Crippen LogP contribution in [0.15, 0.2) is 16.6 Å². The number of ketones is 1. The van der Waals surface area contributed by atoms with Gasteiger partial charge in [-0.1, -0.05) is 29.8 Å². The second kappa shape index (κ2) is 6.50. The summed E-state index contributed by atoms with van der Waals surface area (Å²) in [5, 5.41) is 0. The van der Waals surface area contributed by atoms with Crippen LogP contribution in [0.1, 0.15) is 49.5 Å². The molecular weight excluding hydrogens is 346 g/mol. The number of rotatable bonds is 5. The maximum atomic E-state index is 12.5. The minimum absolute atomic E-state index is 0.0117. The van der Waals surface area contributed by atoms with Crippen LogP contribution in [0.3, 0.4) is 0 Å². The third kappa shape index (κ3) is 3.25. The number of methoxy groups -OCH3 is 1. The van der Waals surface area contributed by atoms with Crippen molar-refractivity contribution in [2.24, 2.45) is 0 Å². The van der Waals surface area contributed by atoms with Gasteiger partial charge in [-0.15, -0.1) is 0 Å². The highest BCUT2D eigenvalue weighted by Gasteiger charge is 2.37. The van der Waals surface area contributed by atoms with Crippen molar-refractivity contribution in [1.29, 1.82) is 0 Å². The summed E-state index contributed by atoms with van der Waals surface area (Å²) in [6.07, 6.45) is 1.24. The maximum absolute atomic E-state index is 12.5. The lowest BCUT2D eigenvalue weighted by Crippen LogP contribution is -2.42. The van der Waals surface area contributed by atoms with Crippen molar-refractivity contribution in [3.05, 3.63) is 27.7 Å². The Morgan fingerprint density at radius 2 is 2.09 bits per heavy atom. The molecule has 22 heavy (non-hydrogen) atoms. The molecule has 0 radical (unpaired) electrons. The van der Waals surface area contributed by atoms with Crippen LogP contribution in [0.25, 0.3) is 0 Å². The number of anilines is 1. The lowest BCUT2D eigenvalue weighted by Gasteiger charge is -2.39. The first kappa shape index (κ1) is 17.2. The third-order valence-corrected chi connectivity index (χ3v) is 4.77. The lowest BCUT2D eigenvalue weighted by atomic mass is 9.76. The first-order valence-electron chi connectivity index (χ1n) is 7.42. The Kier molecular flexibility index (Phi) is 5.07. The molecule has 0 aromatic heterocycles. The summed E-state index contributed by atoms with van der Waals surface area (Å²) < 4.78 is 5.87. The predicted octanol–water partition coefficient (Wildman–Crippen LogP) is 3.70. The molecule has 0 spiro atoms. The largest absolute Gasteiger partial charge is 0.385 e. The Hall–Kier alpha value is -1.20. The van der Waals surface area contributed by atoms with Gasteiger partial charge in [0.05, 0.1) is 0 Å². The molecule has 1 aliphatic rings. The van der Waals surface area contributed by atoms with Crippen molar-refractivity contribution in [2.75, 3.05) is 25.2 Å². The summed E-state index contributed by atoms with van der Waals surface area (Å²) in [6, 6.07) is 3.83. The van der Waals surface area contributed by atoms with E-state index in [0.29, 0.717) is 25.1 Å². The molecule has 0 atom stereocenters. The first-order valence-corrected chi connectivity index (χ1v) is 8.21. The second-order valence-corrected chi connectivity index (χ2v) is 7.21. The van der Waals surface area contributed by atoms with Gasteiger partial charge in [-0.05, 0) is 31.0 Å².